The topological polar surface area (TPSA) is 110 Å². The highest BCUT2D eigenvalue weighted by Crippen LogP contribution is 2.18. The molecule has 2 heterocycles. The van der Waals surface area contributed by atoms with Gasteiger partial charge in [0.05, 0.1) is 25.0 Å². The van der Waals surface area contributed by atoms with Gasteiger partial charge in [-0.15, -0.1) is 0 Å². The van der Waals surface area contributed by atoms with Gasteiger partial charge in [0.2, 0.25) is 11.8 Å². The molecule has 2 rings (SSSR count). The van der Waals surface area contributed by atoms with Gasteiger partial charge in [-0.3, -0.25) is 9.59 Å². The van der Waals surface area contributed by atoms with Gasteiger partial charge in [-0.1, -0.05) is 0 Å². The second kappa shape index (κ2) is 6.93. The maximum absolute atomic E-state index is 12.7. The molecule has 22 heavy (non-hydrogen) atoms. The van der Waals surface area contributed by atoms with Gasteiger partial charge in [0, 0.05) is 25.9 Å². The van der Waals surface area contributed by atoms with Crippen molar-refractivity contribution >= 4 is 21.7 Å². The Labute approximate surface area is 130 Å². The lowest BCUT2D eigenvalue weighted by atomic mass is 10.1. The van der Waals surface area contributed by atoms with Crippen molar-refractivity contribution < 1.29 is 22.7 Å². The van der Waals surface area contributed by atoms with Crippen LogP contribution in [-0.2, 0) is 24.2 Å². The molecular formula is C13H23N3O5S. The van der Waals surface area contributed by atoms with E-state index < -0.39 is 21.9 Å². The van der Waals surface area contributed by atoms with Gasteiger partial charge in [0.1, 0.15) is 15.9 Å². The maximum Gasteiger partial charge on any atom is 0.245 e. The normalized spacial score (nSPS) is 24.6. The number of hydrogen-bond donors (Lipinski definition) is 1. The Morgan fingerprint density at radius 3 is 2.50 bits per heavy atom. The number of sulfone groups is 1. The van der Waals surface area contributed by atoms with Crippen molar-refractivity contribution in [2.24, 2.45) is 5.73 Å². The average Bonchev–Trinajstić information content (AvgIpc) is 2.79. The third kappa shape index (κ3) is 4.17. The molecule has 0 aromatic carbocycles. The summed E-state index contributed by atoms with van der Waals surface area (Å²) in [6.45, 7) is 2.23. The number of amides is 2. The quantitative estimate of drug-likeness (QED) is 0.636. The summed E-state index contributed by atoms with van der Waals surface area (Å²) in [6, 6.07) is -1.35. The van der Waals surface area contributed by atoms with E-state index in [-0.39, 0.29) is 24.0 Å². The summed E-state index contributed by atoms with van der Waals surface area (Å²) in [4.78, 5) is 27.9. The van der Waals surface area contributed by atoms with Crippen molar-refractivity contribution in [2.45, 2.75) is 24.9 Å². The summed E-state index contributed by atoms with van der Waals surface area (Å²) >= 11 is 0. The third-order valence-corrected chi connectivity index (χ3v) is 5.00. The van der Waals surface area contributed by atoms with Crippen molar-refractivity contribution in [1.29, 1.82) is 0 Å². The van der Waals surface area contributed by atoms with Crippen LogP contribution in [0, 0.1) is 0 Å². The number of ether oxygens (including phenoxy) is 1. The summed E-state index contributed by atoms with van der Waals surface area (Å²) in [5.74, 6) is -0.623. The fourth-order valence-corrected chi connectivity index (χ4v) is 3.42. The van der Waals surface area contributed by atoms with Crippen molar-refractivity contribution in [3.8, 4) is 0 Å². The van der Waals surface area contributed by atoms with E-state index in [4.69, 9.17) is 10.5 Å². The molecule has 9 heteroatoms. The summed E-state index contributed by atoms with van der Waals surface area (Å²) in [7, 11) is -3.21. The molecule has 2 saturated heterocycles. The zero-order valence-corrected chi connectivity index (χ0v) is 13.5. The van der Waals surface area contributed by atoms with Gasteiger partial charge in [0.25, 0.3) is 0 Å². The first-order chi connectivity index (χ1) is 10.3. The first kappa shape index (κ1) is 17.2. The van der Waals surface area contributed by atoms with Crippen molar-refractivity contribution in [3.05, 3.63) is 0 Å². The Hall–Kier alpha value is -1.19. The molecular weight excluding hydrogens is 310 g/mol. The number of rotatable bonds is 5. The Kier molecular flexibility index (Phi) is 5.41. The lowest BCUT2D eigenvalue weighted by Gasteiger charge is -2.34. The zero-order valence-electron chi connectivity index (χ0n) is 12.7. The van der Waals surface area contributed by atoms with E-state index in [0.717, 1.165) is 6.26 Å². The fraction of sp³-hybridized carbons (Fsp3) is 0.846. The SMILES string of the molecule is CS(=O)(=O)CC[C@@H](C(=O)N1CCOCC1)N1CC[C@H](N)C1=O. The predicted octanol–water partition coefficient (Wildman–Crippen LogP) is -1.79. The number of carbonyl (C=O) groups is 2. The molecule has 0 aliphatic carbocycles. The predicted molar refractivity (Wildman–Crippen MR) is 79.8 cm³/mol. The lowest BCUT2D eigenvalue weighted by Crippen LogP contribution is -2.53. The van der Waals surface area contributed by atoms with E-state index in [0.29, 0.717) is 39.3 Å². The molecule has 126 valence electrons. The van der Waals surface area contributed by atoms with Gasteiger partial charge in [-0.05, 0) is 12.8 Å². The first-order valence-electron chi connectivity index (χ1n) is 7.40. The Morgan fingerprint density at radius 1 is 1.36 bits per heavy atom. The highest BCUT2D eigenvalue weighted by Gasteiger charge is 2.39. The van der Waals surface area contributed by atoms with E-state index >= 15 is 0 Å². The average molecular weight is 333 g/mol. The van der Waals surface area contributed by atoms with Crippen LogP contribution in [0.5, 0.6) is 0 Å². The summed E-state index contributed by atoms with van der Waals surface area (Å²) < 4.78 is 28.1. The van der Waals surface area contributed by atoms with Crippen LogP contribution >= 0.6 is 0 Å². The van der Waals surface area contributed by atoms with Crippen LogP contribution in [0.1, 0.15) is 12.8 Å². The van der Waals surface area contributed by atoms with Crippen LogP contribution in [0.4, 0.5) is 0 Å². The number of nitrogens with zero attached hydrogens (tertiary/aromatic N) is 2. The molecule has 2 aliphatic heterocycles. The molecule has 8 nitrogen and oxygen atoms in total. The number of hydrogen-bond acceptors (Lipinski definition) is 6. The van der Waals surface area contributed by atoms with Crippen molar-refractivity contribution in [1.82, 2.24) is 9.80 Å². The van der Waals surface area contributed by atoms with E-state index in [1.54, 1.807) is 4.90 Å². The van der Waals surface area contributed by atoms with E-state index in [1.807, 2.05) is 0 Å². The Morgan fingerprint density at radius 2 is 2.00 bits per heavy atom. The van der Waals surface area contributed by atoms with E-state index in [1.165, 1.54) is 4.90 Å². The minimum Gasteiger partial charge on any atom is -0.378 e. The second-order valence-corrected chi connectivity index (χ2v) is 8.06. The minimum absolute atomic E-state index is 0.105. The van der Waals surface area contributed by atoms with Gasteiger partial charge in [-0.25, -0.2) is 8.42 Å². The smallest absolute Gasteiger partial charge is 0.245 e. The van der Waals surface area contributed by atoms with Crippen LogP contribution in [-0.4, -0.2) is 87.0 Å². The monoisotopic (exact) mass is 333 g/mol. The molecule has 0 spiro atoms. The van der Waals surface area contributed by atoms with Gasteiger partial charge >= 0.3 is 0 Å². The van der Waals surface area contributed by atoms with Crippen LogP contribution in [0.15, 0.2) is 0 Å². The number of likely N-dealkylation sites (tertiary alicyclic amines) is 1. The molecule has 0 aromatic heterocycles. The Balaban J connectivity index is 2.13. The van der Waals surface area contributed by atoms with Crippen molar-refractivity contribution in [3.63, 3.8) is 0 Å². The third-order valence-electron chi connectivity index (χ3n) is 4.03. The van der Waals surface area contributed by atoms with Crippen LogP contribution < -0.4 is 5.73 Å². The number of nitrogens with two attached hydrogens (primary N) is 1. The van der Waals surface area contributed by atoms with Gasteiger partial charge < -0.3 is 20.3 Å². The molecule has 0 unspecified atom stereocenters. The number of carbonyl (C=O) groups excluding carboxylic acids is 2. The minimum atomic E-state index is -3.21. The van der Waals surface area contributed by atoms with Crippen LogP contribution in [0.3, 0.4) is 0 Å². The highest BCUT2D eigenvalue weighted by atomic mass is 32.2. The molecule has 0 bridgehead atoms. The summed E-state index contributed by atoms with van der Waals surface area (Å²) in [5, 5.41) is 0. The molecule has 2 amide bonds. The van der Waals surface area contributed by atoms with Crippen LogP contribution in [0.2, 0.25) is 0 Å². The lowest BCUT2D eigenvalue weighted by molar-refractivity contribution is -0.146. The largest absolute Gasteiger partial charge is 0.378 e. The van der Waals surface area contributed by atoms with E-state index in [9.17, 15) is 18.0 Å². The van der Waals surface area contributed by atoms with Crippen molar-refractivity contribution in [2.75, 3.05) is 44.9 Å². The molecule has 0 saturated carbocycles. The molecule has 2 N–H and O–H groups in total. The molecule has 2 atom stereocenters. The molecule has 0 aromatic rings. The van der Waals surface area contributed by atoms with Crippen LogP contribution in [0.25, 0.3) is 0 Å². The number of morpholine rings is 1. The maximum atomic E-state index is 12.7. The van der Waals surface area contributed by atoms with E-state index in [2.05, 4.69) is 0 Å². The van der Waals surface area contributed by atoms with Gasteiger partial charge in [-0.2, -0.15) is 0 Å². The van der Waals surface area contributed by atoms with Gasteiger partial charge in [0.15, 0.2) is 0 Å². The first-order valence-corrected chi connectivity index (χ1v) is 9.46. The molecule has 2 aliphatic rings. The summed E-state index contributed by atoms with van der Waals surface area (Å²) in [6.07, 6.45) is 1.72. The summed E-state index contributed by atoms with van der Waals surface area (Å²) in [5.41, 5.74) is 5.71. The second-order valence-electron chi connectivity index (χ2n) is 5.80. The highest BCUT2D eigenvalue weighted by molar-refractivity contribution is 7.90. The standard InChI is InChI=1S/C13H23N3O5S/c1-22(19,20)9-3-11(16-4-2-10(14)12(16)17)13(18)15-5-7-21-8-6-15/h10-11H,2-9,14H2,1H3/t10-,11-/m0/s1. The molecule has 0 radical (unpaired) electrons. The molecule has 2 fully saturated rings. The zero-order chi connectivity index (χ0) is 16.3. The fourth-order valence-electron chi connectivity index (χ4n) is 2.77. The Bertz CT molecular complexity index is 530.